The summed E-state index contributed by atoms with van der Waals surface area (Å²) in [6.45, 7) is 0. The van der Waals surface area contributed by atoms with E-state index in [0.29, 0.717) is 27.2 Å². The maximum Gasteiger partial charge on any atom is 0.433 e. The second kappa shape index (κ2) is 7.90. The number of hydrogen-bond acceptors (Lipinski definition) is 5. The number of nitrogens with zero attached hydrogens (tertiary/aromatic N) is 4. The van der Waals surface area contributed by atoms with Crippen molar-refractivity contribution < 1.29 is 26.3 Å². The maximum atomic E-state index is 13.1. The SMILES string of the molecule is FC(F)(F)c1cc(C(F)(F)F)nc(Nc2nc(-c3ccccc3)c3cc(Cl)ccc3n2)n1. The van der Waals surface area contributed by atoms with Gasteiger partial charge in [0.2, 0.25) is 11.9 Å². The van der Waals surface area contributed by atoms with Crippen LogP contribution in [0.25, 0.3) is 22.2 Å². The molecule has 5 nitrogen and oxygen atoms in total. The van der Waals surface area contributed by atoms with Crippen LogP contribution in [-0.4, -0.2) is 19.9 Å². The zero-order chi connectivity index (χ0) is 23.1. The second-order valence-corrected chi connectivity index (χ2v) is 6.94. The lowest BCUT2D eigenvalue weighted by atomic mass is 10.1. The molecule has 0 radical (unpaired) electrons. The number of alkyl halides is 6. The van der Waals surface area contributed by atoms with Gasteiger partial charge >= 0.3 is 12.4 Å². The summed E-state index contributed by atoms with van der Waals surface area (Å²) in [6, 6.07) is 13.2. The predicted octanol–water partition coefficient (Wildman–Crippen LogP) is 6.52. The van der Waals surface area contributed by atoms with Gasteiger partial charge in [-0.2, -0.15) is 26.3 Å². The third kappa shape index (κ3) is 4.57. The molecule has 0 fully saturated rings. The molecule has 2 aromatic heterocycles. The van der Waals surface area contributed by atoms with Crippen LogP contribution in [0.3, 0.4) is 0 Å². The Hall–Kier alpha value is -3.47. The van der Waals surface area contributed by atoms with Crippen LogP contribution in [-0.2, 0) is 12.4 Å². The first-order valence-electron chi connectivity index (χ1n) is 8.84. The van der Waals surface area contributed by atoms with Crippen molar-refractivity contribution in [2.45, 2.75) is 12.4 Å². The van der Waals surface area contributed by atoms with Crippen molar-refractivity contribution in [1.82, 2.24) is 19.9 Å². The monoisotopic (exact) mass is 469 g/mol. The lowest BCUT2D eigenvalue weighted by Crippen LogP contribution is -2.17. The summed E-state index contributed by atoms with van der Waals surface area (Å²) < 4.78 is 78.5. The summed E-state index contributed by atoms with van der Waals surface area (Å²) in [5.41, 5.74) is -2.15. The minimum atomic E-state index is -5.12. The molecule has 4 aromatic rings. The number of hydrogen-bond donors (Lipinski definition) is 1. The van der Waals surface area contributed by atoms with Crippen LogP contribution in [0.1, 0.15) is 11.4 Å². The molecule has 0 spiro atoms. The minimum absolute atomic E-state index is 0.163. The highest BCUT2D eigenvalue weighted by atomic mass is 35.5. The number of halogens is 7. The molecular formula is C20H10ClF6N5. The molecular weight excluding hydrogens is 460 g/mol. The van der Waals surface area contributed by atoms with Crippen molar-refractivity contribution in [3.8, 4) is 11.3 Å². The van der Waals surface area contributed by atoms with Crippen LogP contribution in [0.15, 0.2) is 54.6 Å². The van der Waals surface area contributed by atoms with Crippen LogP contribution in [0.5, 0.6) is 0 Å². The van der Waals surface area contributed by atoms with Crippen molar-refractivity contribution in [1.29, 1.82) is 0 Å². The molecule has 12 heteroatoms. The molecule has 4 rings (SSSR count). The lowest BCUT2D eigenvalue weighted by molar-refractivity contribution is -0.147. The molecule has 164 valence electrons. The molecule has 0 saturated carbocycles. The number of fused-ring (bicyclic) bond motifs is 1. The molecule has 0 atom stereocenters. The summed E-state index contributed by atoms with van der Waals surface area (Å²) in [6.07, 6.45) is -10.2. The van der Waals surface area contributed by atoms with Gasteiger partial charge in [-0.3, -0.25) is 5.32 Å². The van der Waals surface area contributed by atoms with E-state index in [0.717, 1.165) is 0 Å². The Kier molecular flexibility index (Phi) is 5.37. The van der Waals surface area contributed by atoms with Gasteiger partial charge in [-0.25, -0.2) is 19.9 Å². The third-order valence-electron chi connectivity index (χ3n) is 4.24. The molecule has 0 amide bonds. The highest BCUT2D eigenvalue weighted by Crippen LogP contribution is 2.35. The van der Waals surface area contributed by atoms with Gasteiger partial charge in [0, 0.05) is 16.0 Å². The fourth-order valence-corrected chi connectivity index (χ4v) is 3.04. The summed E-state index contributed by atoms with van der Waals surface area (Å²) in [7, 11) is 0. The van der Waals surface area contributed by atoms with Gasteiger partial charge < -0.3 is 0 Å². The van der Waals surface area contributed by atoms with E-state index in [1.165, 1.54) is 6.07 Å². The third-order valence-corrected chi connectivity index (χ3v) is 4.47. The van der Waals surface area contributed by atoms with Crippen LogP contribution in [0, 0.1) is 0 Å². The van der Waals surface area contributed by atoms with E-state index < -0.39 is 29.7 Å². The molecule has 0 aliphatic rings. The summed E-state index contributed by atoms with van der Waals surface area (Å²) in [4.78, 5) is 14.7. The normalized spacial score (nSPS) is 12.2. The zero-order valence-corrected chi connectivity index (χ0v) is 16.4. The molecule has 1 N–H and O–H groups in total. The van der Waals surface area contributed by atoms with Gasteiger partial charge in [-0.1, -0.05) is 41.9 Å². The van der Waals surface area contributed by atoms with Gasteiger partial charge in [0.25, 0.3) is 0 Å². The van der Waals surface area contributed by atoms with Gasteiger partial charge in [0.15, 0.2) is 11.4 Å². The first-order valence-corrected chi connectivity index (χ1v) is 9.22. The molecule has 2 aromatic carbocycles. The molecule has 0 unspecified atom stereocenters. The fourth-order valence-electron chi connectivity index (χ4n) is 2.87. The Morgan fingerprint density at radius 3 is 1.88 bits per heavy atom. The zero-order valence-electron chi connectivity index (χ0n) is 15.6. The highest BCUT2D eigenvalue weighted by Gasteiger charge is 2.39. The van der Waals surface area contributed by atoms with Crippen LogP contribution >= 0.6 is 11.6 Å². The number of rotatable bonds is 3. The Morgan fingerprint density at radius 2 is 1.28 bits per heavy atom. The van der Waals surface area contributed by atoms with Crippen LogP contribution in [0.4, 0.5) is 38.2 Å². The molecule has 0 aliphatic heterocycles. The van der Waals surface area contributed by atoms with Crippen molar-refractivity contribution in [3.63, 3.8) is 0 Å². The van der Waals surface area contributed by atoms with Gasteiger partial charge in [-0.15, -0.1) is 0 Å². The lowest BCUT2D eigenvalue weighted by Gasteiger charge is -2.14. The molecule has 0 saturated heterocycles. The number of nitrogens with one attached hydrogen (secondary N) is 1. The van der Waals surface area contributed by atoms with Crippen LogP contribution < -0.4 is 5.32 Å². The van der Waals surface area contributed by atoms with Crippen molar-refractivity contribution in [2.24, 2.45) is 0 Å². The predicted molar refractivity (Wildman–Crippen MR) is 105 cm³/mol. The summed E-state index contributed by atoms with van der Waals surface area (Å²) in [5, 5.41) is 3.20. The van der Waals surface area contributed by atoms with Gasteiger partial charge in [-0.05, 0) is 24.3 Å². The Balaban J connectivity index is 1.86. The quantitative estimate of drug-likeness (QED) is 0.346. The summed E-state index contributed by atoms with van der Waals surface area (Å²) >= 11 is 6.06. The van der Waals surface area contributed by atoms with Crippen LogP contribution in [0.2, 0.25) is 5.02 Å². The maximum absolute atomic E-state index is 13.1. The van der Waals surface area contributed by atoms with Gasteiger partial charge in [0.1, 0.15) is 0 Å². The first kappa shape index (κ1) is 21.8. The van der Waals surface area contributed by atoms with E-state index in [1.807, 2.05) is 0 Å². The Bertz CT molecular complexity index is 1260. The molecule has 2 heterocycles. The number of benzene rings is 2. The van der Waals surface area contributed by atoms with E-state index in [4.69, 9.17) is 11.6 Å². The van der Waals surface area contributed by atoms with E-state index >= 15 is 0 Å². The average molecular weight is 470 g/mol. The van der Waals surface area contributed by atoms with Crippen molar-refractivity contribution in [3.05, 3.63) is 71.0 Å². The molecule has 0 aliphatic carbocycles. The fraction of sp³-hybridized carbons (Fsp3) is 0.100. The second-order valence-electron chi connectivity index (χ2n) is 6.51. The van der Waals surface area contributed by atoms with Crippen molar-refractivity contribution >= 4 is 34.4 Å². The molecule has 0 bridgehead atoms. The highest BCUT2D eigenvalue weighted by molar-refractivity contribution is 6.31. The smallest absolute Gasteiger partial charge is 0.293 e. The van der Waals surface area contributed by atoms with E-state index in [2.05, 4.69) is 25.3 Å². The number of aromatic nitrogens is 4. The largest absolute Gasteiger partial charge is 0.433 e. The van der Waals surface area contributed by atoms with Crippen molar-refractivity contribution in [2.75, 3.05) is 5.32 Å². The van der Waals surface area contributed by atoms with E-state index in [9.17, 15) is 26.3 Å². The average Bonchev–Trinajstić information content (AvgIpc) is 2.72. The Morgan fingerprint density at radius 1 is 0.688 bits per heavy atom. The Labute approximate surface area is 181 Å². The standard InChI is InChI=1S/C20H10ClF6N5/c21-11-6-7-13-12(8-11)16(10-4-2-1-3-5-10)31-17(28-13)32-18-29-14(19(22,23)24)9-15(30-18)20(25,26)27/h1-9H,(H,28,29,30,31,32). The minimum Gasteiger partial charge on any atom is -0.293 e. The van der Waals surface area contributed by atoms with Gasteiger partial charge in [0.05, 0.1) is 11.2 Å². The van der Waals surface area contributed by atoms with E-state index in [-0.39, 0.29) is 12.0 Å². The first-order chi connectivity index (χ1) is 15.0. The number of anilines is 2. The van der Waals surface area contributed by atoms with E-state index in [1.54, 1.807) is 42.5 Å². The molecule has 32 heavy (non-hydrogen) atoms. The summed E-state index contributed by atoms with van der Waals surface area (Å²) in [5.74, 6) is -1.23. The topological polar surface area (TPSA) is 63.6 Å².